The fourth-order valence-electron chi connectivity index (χ4n) is 2.23. The van der Waals surface area contributed by atoms with Gasteiger partial charge < -0.3 is 5.32 Å². The molecule has 4 nitrogen and oxygen atoms in total. The van der Waals surface area contributed by atoms with Crippen LogP contribution >= 0.6 is 0 Å². The van der Waals surface area contributed by atoms with Gasteiger partial charge in [-0.2, -0.15) is 0 Å². The molecule has 0 saturated heterocycles. The highest BCUT2D eigenvalue weighted by atomic mass is 16.2. The van der Waals surface area contributed by atoms with Crippen LogP contribution in [0.3, 0.4) is 0 Å². The molecule has 1 unspecified atom stereocenters. The van der Waals surface area contributed by atoms with Gasteiger partial charge in [0.15, 0.2) is 5.66 Å². The van der Waals surface area contributed by atoms with Crippen molar-refractivity contribution in [2.24, 2.45) is 10.9 Å². The fraction of sp³-hybridized carbons (Fsp3) is 0.455. The lowest BCUT2D eigenvalue weighted by Gasteiger charge is -2.43. The molecule has 1 N–H and O–H groups in total. The maximum atomic E-state index is 11.7. The van der Waals surface area contributed by atoms with E-state index in [0.717, 1.165) is 5.71 Å². The molecule has 15 heavy (non-hydrogen) atoms. The third-order valence-electron chi connectivity index (χ3n) is 3.20. The topological polar surface area (TPSA) is 44.7 Å². The first-order valence-electron chi connectivity index (χ1n) is 5.24. The minimum absolute atomic E-state index is 0.0144. The van der Waals surface area contributed by atoms with Crippen molar-refractivity contribution in [1.29, 1.82) is 0 Å². The van der Waals surface area contributed by atoms with Crippen LogP contribution in [0.15, 0.2) is 29.7 Å². The number of aliphatic imine (C=N–C) groups is 1. The Morgan fingerprint density at radius 2 is 2.40 bits per heavy atom. The number of rotatable bonds is 1. The SMILES string of the molecule is CC12NC=CC(=O)N1C=CN=C2C1CC1. The number of fused-ring (bicyclic) bond motifs is 1. The molecule has 4 heteroatoms. The van der Waals surface area contributed by atoms with E-state index in [1.54, 1.807) is 29.6 Å². The van der Waals surface area contributed by atoms with Crippen LogP contribution in [0.1, 0.15) is 19.8 Å². The molecule has 78 valence electrons. The molecule has 1 atom stereocenters. The van der Waals surface area contributed by atoms with Gasteiger partial charge in [-0.25, -0.2) is 0 Å². The molecule has 0 radical (unpaired) electrons. The van der Waals surface area contributed by atoms with Crippen molar-refractivity contribution in [3.63, 3.8) is 0 Å². The molecule has 0 spiro atoms. The third-order valence-corrected chi connectivity index (χ3v) is 3.20. The number of hydrogen-bond acceptors (Lipinski definition) is 3. The molecular formula is C11H13N3O. The number of amides is 1. The van der Waals surface area contributed by atoms with Gasteiger partial charge in [-0.05, 0) is 19.8 Å². The van der Waals surface area contributed by atoms with Crippen molar-refractivity contribution in [1.82, 2.24) is 10.2 Å². The summed E-state index contributed by atoms with van der Waals surface area (Å²) in [5, 5.41) is 3.24. The van der Waals surface area contributed by atoms with E-state index in [1.807, 2.05) is 6.92 Å². The van der Waals surface area contributed by atoms with Gasteiger partial charge in [0.1, 0.15) is 0 Å². The first-order chi connectivity index (χ1) is 7.22. The zero-order chi connectivity index (χ0) is 10.5. The van der Waals surface area contributed by atoms with Gasteiger partial charge in [0, 0.05) is 30.6 Å². The summed E-state index contributed by atoms with van der Waals surface area (Å²) >= 11 is 0. The minimum atomic E-state index is -0.443. The Balaban J connectivity index is 2.04. The van der Waals surface area contributed by atoms with Crippen LogP contribution in [0.25, 0.3) is 0 Å². The molecular weight excluding hydrogens is 190 g/mol. The van der Waals surface area contributed by atoms with Gasteiger partial charge >= 0.3 is 0 Å². The van der Waals surface area contributed by atoms with Crippen molar-refractivity contribution >= 4 is 11.6 Å². The Labute approximate surface area is 88.4 Å². The summed E-state index contributed by atoms with van der Waals surface area (Å²) < 4.78 is 0. The maximum absolute atomic E-state index is 11.7. The smallest absolute Gasteiger partial charge is 0.254 e. The minimum Gasteiger partial charge on any atom is -0.364 e. The van der Waals surface area contributed by atoms with Crippen molar-refractivity contribution in [3.05, 3.63) is 24.7 Å². The molecule has 3 aliphatic rings. The molecule has 1 aliphatic carbocycles. The summed E-state index contributed by atoms with van der Waals surface area (Å²) in [6.45, 7) is 2.01. The van der Waals surface area contributed by atoms with E-state index in [-0.39, 0.29) is 5.91 Å². The number of carbonyl (C=O) groups is 1. The van der Waals surface area contributed by atoms with E-state index in [9.17, 15) is 4.79 Å². The lowest BCUT2D eigenvalue weighted by Crippen LogP contribution is -2.63. The van der Waals surface area contributed by atoms with Crippen molar-refractivity contribution < 1.29 is 4.79 Å². The van der Waals surface area contributed by atoms with Gasteiger partial charge in [0.2, 0.25) is 0 Å². The standard InChI is InChI=1S/C11H13N3O/c1-11-10(8-2-3-8)12-6-7-14(11)9(15)4-5-13-11/h4-8,13H,2-3H2,1H3. The van der Waals surface area contributed by atoms with Crippen molar-refractivity contribution in [2.45, 2.75) is 25.4 Å². The Kier molecular flexibility index (Phi) is 1.58. The Hall–Kier alpha value is -1.58. The van der Waals surface area contributed by atoms with E-state index < -0.39 is 5.66 Å². The predicted molar refractivity (Wildman–Crippen MR) is 56.8 cm³/mol. The molecule has 0 bridgehead atoms. The molecule has 2 aliphatic heterocycles. The van der Waals surface area contributed by atoms with Crippen molar-refractivity contribution in [3.8, 4) is 0 Å². The molecule has 1 fully saturated rings. The second-order valence-corrected chi connectivity index (χ2v) is 4.34. The number of carbonyl (C=O) groups excluding carboxylic acids is 1. The van der Waals surface area contributed by atoms with Crippen LogP contribution in [0.2, 0.25) is 0 Å². The normalized spacial score (nSPS) is 33.5. The van der Waals surface area contributed by atoms with Crippen LogP contribution in [-0.2, 0) is 4.79 Å². The largest absolute Gasteiger partial charge is 0.364 e. The van der Waals surface area contributed by atoms with Gasteiger partial charge in [0.05, 0.1) is 5.71 Å². The molecule has 1 saturated carbocycles. The first-order valence-corrected chi connectivity index (χ1v) is 5.24. The van der Waals surface area contributed by atoms with Gasteiger partial charge in [0.25, 0.3) is 5.91 Å². The molecule has 3 rings (SSSR count). The van der Waals surface area contributed by atoms with Crippen LogP contribution in [0.4, 0.5) is 0 Å². The average molecular weight is 203 g/mol. The molecule has 0 aromatic rings. The summed E-state index contributed by atoms with van der Waals surface area (Å²) in [5.41, 5.74) is 0.643. The fourth-order valence-corrected chi connectivity index (χ4v) is 2.23. The van der Waals surface area contributed by atoms with E-state index in [2.05, 4.69) is 10.3 Å². The van der Waals surface area contributed by atoms with Crippen LogP contribution in [0.5, 0.6) is 0 Å². The highest BCUT2D eigenvalue weighted by molar-refractivity contribution is 6.03. The molecule has 2 heterocycles. The average Bonchev–Trinajstić information content (AvgIpc) is 3.00. The van der Waals surface area contributed by atoms with E-state index >= 15 is 0 Å². The number of hydrogen-bond donors (Lipinski definition) is 1. The lowest BCUT2D eigenvalue weighted by molar-refractivity contribution is -0.127. The zero-order valence-electron chi connectivity index (χ0n) is 8.60. The van der Waals surface area contributed by atoms with Gasteiger partial charge in [-0.15, -0.1) is 0 Å². The lowest BCUT2D eigenvalue weighted by atomic mass is 9.97. The quantitative estimate of drug-likeness (QED) is 0.690. The summed E-state index contributed by atoms with van der Waals surface area (Å²) in [5.74, 6) is 0.565. The summed E-state index contributed by atoms with van der Waals surface area (Å²) in [6, 6.07) is 0. The van der Waals surface area contributed by atoms with Crippen molar-refractivity contribution in [2.75, 3.05) is 0 Å². The van der Waals surface area contributed by atoms with E-state index in [1.165, 1.54) is 12.8 Å². The van der Waals surface area contributed by atoms with E-state index in [4.69, 9.17) is 0 Å². The third kappa shape index (κ3) is 1.14. The summed E-state index contributed by atoms with van der Waals surface area (Å²) in [6.07, 6.45) is 9.10. The van der Waals surface area contributed by atoms with Gasteiger partial charge in [-0.1, -0.05) is 0 Å². The Morgan fingerprint density at radius 3 is 3.13 bits per heavy atom. The monoisotopic (exact) mass is 203 g/mol. The Bertz CT molecular complexity index is 406. The van der Waals surface area contributed by atoms with Gasteiger partial charge in [-0.3, -0.25) is 14.7 Å². The van der Waals surface area contributed by atoms with Crippen LogP contribution < -0.4 is 5.32 Å². The Morgan fingerprint density at radius 1 is 1.60 bits per heavy atom. The molecule has 0 aromatic carbocycles. The second-order valence-electron chi connectivity index (χ2n) is 4.34. The first kappa shape index (κ1) is 8.71. The highest BCUT2D eigenvalue weighted by Crippen LogP contribution is 2.38. The predicted octanol–water partition coefficient (Wildman–Crippen LogP) is 0.984. The summed E-state index contributed by atoms with van der Waals surface area (Å²) in [4.78, 5) is 17.9. The number of nitrogens with one attached hydrogen (secondary N) is 1. The molecule has 0 aromatic heterocycles. The van der Waals surface area contributed by atoms with E-state index in [0.29, 0.717) is 5.92 Å². The zero-order valence-corrected chi connectivity index (χ0v) is 8.60. The highest BCUT2D eigenvalue weighted by Gasteiger charge is 2.46. The second kappa shape index (κ2) is 2.72. The summed E-state index contributed by atoms with van der Waals surface area (Å²) in [7, 11) is 0. The molecule has 1 amide bonds. The number of nitrogens with zero attached hydrogens (tertiary/aromatic N) is 2. The maximum Gasteiger partial charge on any atom is 0.254 e. The van der Waals surface area contributed by atoms with Crippen LogP contribution in [-0.4, -0.2) is 22.2 Å². The van der Waals surface area contributed by atoms with Crippen LogP contribution in [0, 0.1) is 5.92 Å².